The average molecular weight is 498 g/mol. The first-order valence-electron chi connectivity index (χ1n) is 11.4. The van der Waals surface area contributed by atoms with Crippen molar-refractivity contribution in [3.63, 3.8) is 0 Å². The SMILES string of the molecule is COc1cc([N+](=O)[O-])ccc1N1C(=O)C2C(c3ccccc3)OC3(C(=O)c4ccccc4C3=O)C2C1=O. The van der Waals surface area contributed by atoms with Crippen LogP contribution in [0.15, 0.2) is 72.8 Å². The standard InChI is InChI=1S/C27H18N2O8/c1-36-19-13-15(29(34)35)11-12-18(19)28-25(32)20-21(26(28)33)27(37-22(20)14-7-3-2-4-8-14)23(30)16-9-5-6-10-17(16)24(27)31/h2-13,20-22H,1H3. The second-order valence-corrected chi connectivity index (χ2v) is 9.02. The smallest absolute Gasteiger partial charge is 0.273 e. The molecule has 184 valence electrons. The number of methoxy groups -OCH3 is 1. The summed E-state index contributed by atoms with van der Waals surface area (Å²) in [7, 11) is 1.26. The van der Waals surface area contributed by atoms with E-state index in [1.54, 1.807) is 42.5 Å². The van der Waals surface area contributed by atoms with Crippen molar-refractivity contribution in [2.75, 3.05) is 12.0 Å². The van der Waals surface area contributed by atoms with Crippen LogP contribution in [0, 0.1) is 22.0 Å². The lowest BCUT2D eigenvalue weighted by Gasteiger charge is -2.27. The number of hydrogen-bond donors (Lipinski definition) is 0. The maximum absolute atomic E-state index is 14.0. The number of hydrogen-bond acceptors (Lipinski definition) is 8. The van der Waals surface area contributed by atoms with Gasteiger partial charge in [-0.25, -0.2) is 4.90 Å². The van der Waals surface area contributed by atoms with Crippen molar-refractivity contribution < 1.29 is 33.6 Å². The molecule has 0 bridgehead atoms. The van der Waals surface area contributed by atoms with Crippen LogP contribution in [0.2, 0.25) is 0 Å². The fraction of sp³-hybridized carbons (Fsp3) is 0.185. The second kappa shape index (κ2) is 7.90. The van der Waals surface area contributed by atoms with Crippen molar-refractivity contribution in [1.82, 2.24) is 0 Å². The third-order valence-corrected chi connectivity index (χ3v) is 7.26. The van der Waals surface area contributed by atoms with Crippen LogP contribution in [0.3, 0.4) is 0 Å². The summed E-state index contributed by atoms with van der Waals surface area (Å²) in [5.74, 6) is -5.52. The molecule has 2 saturated heterocycles. The molecule has 3 unspecified atom stereocenters. The summed E-state index contributed by atoms with van der Waals surface area (Å²) in [6, 6.07) is 18.3. The van der Waals surface area contributed by atoms with Gasteiger partial charge in [-0.1, -0.05) is 54.6 Å². The number of ketones is 2. The molecule has 1 spiro atoms. The molecule has 3 atom stereocenters. The Balaban J connectivity index is 1.54. The van der Waals surface area contributed by atoms with Gasteiger partial charge in [0.15, 0.2) is 0 Å². The molecule has 0 saturated carbocycles. The van der Waals surface area contributed by atoms with Gasteiger partial charge in [0, 0.05) is 17.2 Å². The lowest BCUT2D eigenvalue weighted by molar-refractivity contribution is -0.384. The normalized spacial score (nSPS) is 23.5. The van der Waals surface area contributed by atoms with Crippen molar-refractivity contribution in [1.29, 1.82) is 0 Å². The van der Waals surface area contributed by atoms with Crippen LogP contribution in [-0.4, -0.2) is 41.0 Å². The van der Waals surface area contributed by atoms with Gasteiger partial charge in [0.1, 0.15) is 5.75 Å². The van der Waals surface area contributed by atoms with E-state index in [2.05, 4.69) is 0 Å². The van der Waals surface area contributed by atoms with Gasteiger partial charge in [-0.3, -0.25) is 29.3 Å². The van der Waals surface area contributed by atoms with Gasteiger partial charge in [-0.15, -0.1) is 0 Å². The van der Waals surface area contributed by atoms with E-state index in [-0.39, 0.29) is 28.3 Å². The number of fused-ring (bicyclic) bond motifs is 3. The lowest BCUT2D eigenvalue weighted by Crippen LogP contribution is -2.51. The first-order valence-corrected chi connectivity index (χ1v) is 11.4. The molecule has 0 radical (unpaired) electrons. The Morgan fingerprint density at radius 3 is 2.11 bits per heavy atom. The minimum atomic E-state index is -2.20. The number of anilines is 1. The fourth-order valence-corrected chi connectivity index (χ4v) is 5.66. The predicted octanol–water partition coefficient (Wildman–Crippen LogP) is 3.30. The van der Waals surface area contributed by atoms with Crippen LogP contribution in [0.5, 0.6) is 5.75 Å². The first kappa shape index (κ1) is 22.7. The van der Waals surface area contributed by atoms with Gasteiger partial charge in [-0.05, 0) is 11.6 Å². The summed E-state index contributed by atoms with van der Waals surface area (Å²) >= 11 is 0. The van der Waals surface area contributed by atoms with Crippen LogP contribution in [-0.2, 0) is 14.3 Å². The van der Waals surface area contributed by atoms with Crippen LogP contribution >= 0.6 is 0 Å². The molecule has 1 aliphatic carbocycles. The highest BCUT2D eigenvalue weighted by atomic mass is 16.6. The fourth-order valence-electron chi connectivity index (χ4n) is 5.66. The summed E-state index contributed by atoms with van der Waals surface area (Å²) in [5.41, 5.74) is -1.72. The summed E-state index contributed by atoms with van der Waals surface area (Å²) in [5, 5.41) is 11.3. The number of nitro groups is 1. The molecule has 37 heavy (non-hydrogen) atoms. The summed E-state index contributed by atoms with van der Waals surface area (Å²) in [6.45, 7) is 0. The van der Waals surface area contributed by atoms with Crippen LogP contribution in [0.25, 0.3) is 0 Å². The molecule has 10 heteroatoms. The largest absolute Gasteiger partial charge is 0.494 e. The molecule has 3 aromatic carbocycles. The maximum Gasteiger partial charge on any atom is 0.273 e. The van der Waals surface area contributed by atoms with Gasteiger partial charge >= 0.3 is 0 Å². The Kier molecular flexibility index (Phi) is 4.86. The number of benzene rings is 3. The topological polar surface area (TPSA) is 133 Å². The monoisotopic (exact) mass is 498 g/mol. The Hall–Kier alpha value is -4.70. The molecule has 3 aromatic rings. The minimum Gasteiger partial charge on any atom is -0.494 e. The molecule has 0 aromatic heterocycles. The van der Waals surface area contributed by atoms with Gasteiger partial charge in [0.25, 0.3) is 5.69 Å². The molecular weight excluding hydrogens is 480 g/mol. The number of amides is 2. The average Bonchev–Trinajstić information content (AvgIpc) is 3.48. The van der Waals surface area contributed by atoms with Crippen molar-refractivity contribution in [2.45, 2.75) is 11.7 Å². The zero-order valence-corrected chi connectivity index (χ0v) is 19.3. The van der Waals surface area contributed by atoms with E-state index in [9.17, 15) is 29.3 Å². The Bertz CT molecular complexity index is 1500. The molecule has 10 nitrogen and oxygen atoms in total. The van der Waals surface area contributed by atoms with Crippen LogP contribution in [0.1, 0.15) is 32.4 Å². The summed E-state index contributed by atoms with van der Waals surface area (Å²) in [6.07, 6.45) is -1.06. The number of nitrogens with zero attached hydrogens (tertiary/aromatic N) is 2. The van der Waals surface area contributed by atoms with E-state index in [1.165, 1.54) is 25.3 Å². The van der Waals surface area contributed by atoms with Crippen LogP contribution in [0.4, 0.5) is 11.4 Å². The van der Waals surface area contributed by atoms with E-state index >= 15 is 0 Å². The number of ether oxygens (including phenoxy) is 2. The Morgan fingerprint density at radius 2 is 1.51 bits per heavy atom. The Labute approximate surface area is 209 Å². The quantitative estimate of drug-likeness (QED) is 0.232. The van der Waals surface area contributed by atoms with Gasteiger partial charge in [0.05, 0.1) is 41.7 Å². The summed E-state index contributed by atoms with van der Waals surface area (Å²) in [4.78, 5) is 66.9. The number of nitro benzene ring substituents is 1. The molecule has 2 amide bonds. The maximum atomic E-state index is 14.0. The molecule has 2 aliphatic heterocycles. The first-order chi connectivity index (χ1) is 17.8. The van der Waals surface area contributed by atoms with E-state index in [4.69, 9.17) is 9.47 Å². The number of Topliss-reactive ketones (excluding diaryl/α,β-unsaturated/α-hetero) is 2. The van der Waals surface area contributed by atoms with Gasteiger partial charge < -0.3 is 9.47 Å². The second-order valence-electron chi connectivity index (χ2n) is 9.02. The number of imide groups is 1. The Morgan fingerprint density at radius 1 is 0.892 bits per heavy atom. The highest BCUT2D eigenvalue weighted by Crippen LogP contribution is 2.58. The van der Waals surface area contributed by atoms with Crippen molar-refractivity contribution in [2.24, 2.45) is 11.8 Å². The van der Waals surface area contributed by atoms with Gasteiger partial charge in [0.2, 0.25) is 29.0 Å². The third-order valence-electron chi connectivity index (χ3n) is 7.26. The molecule has 0 N–H and O–H groups in total. The van der Waals surface area contributed by atoms with Gasteiger partial charge in [-0.2, -0.15) is 0 Å². The van der Waals surface area contributed by atoms with E-state index in [1.807, 2.05) is 0 Å². The summed E-state index contributed by atoms with van der Waals surface area (Å²) < 4.78 is 11.5. The lowest BCUT2D eigenvalue weighted by atomic mass is 9.77. The molecule has 2 fully saturated rings. The van der Waals surface area contributed by atoms with Crippen molar-refractivity contribution in [3.8, 4) is 5.75 Å². The van der Waals surface area contributed by atoms with Crippen molar-refractivity contribution >= 4 is 34.8 Å². The number of carbonyl (C=O) groups excluding carboxylic acids is 4. The number of rotatable bonds is 4. The number of non-ortho nitro benzene ring substituents is 1. The van der Waals surface area contributed by atoms with E-state index < -0.39 is 51.8 Å². The molecular formula is C27H18N2O8. The minimum absolute atomic E-state index is 0.0186. The van der Waals surface area contributed by atoms with Crippen molar-refractivity contribution in [3.05, 3.63) is 99.6 Å². The number of carbonyl (C=O) groups is 4. The molecule has 6 rings (SSSR count). The molecule has 3 aliphatic rings. The van der Waals surface area contributed by atoms with E-state index in [0.29, 0.717) is 5.56 Å². The highest BCUT2D eigenvalue weighted by molar-refractivity contribution is 6.37. The highest BCUT2D eigenvalue weighted by Gasteiger charge is 2.74. The zero-order valence-electron chi connectivity index (χ0n) is 19.3. The van der Waals surface area contributed by atoms with E-state index in [0.717, 1.165) is 17.0 Å². The van der Waals surface area contributed by atoms with Crippen LogP contribution < -0.4 is 9.64 Å². The zero-order chi connectivity index (χ0) is 26.1. The molecule has 2 heterocycles. The third kappa shape index (κ3) is 2.90. The predicted molar refractivity (Wildman–Crippen MR) is 127 cm³/mol.